The molecule has 104 valence electrons. The van der Waals surface area contributed by atoms with E-state index in [1.165, 1.54) is 6.08 Å². The van der Waals surface area contributed by atoms with Crippen LogP contribution in [0.5, 0.6) is 0 Å². The second kappa shape index (κ2) is 4.41. The first-order valence-electron chi connectivity index (χ1n) is 5.58. The van der Waals surface area contributed by atoms with E-state index in [9.17, 15) is 21.6 Å². The van der Waals surface area contributed by atoms with Gasteiger partial charge in [0, 0.05) is 13.0 Å². The molecule has 0 aromatic rings. The predicted octanol–water partition coefficient (Wildman–Crippen LogP) is 2.47. The predicted molar refractivity (Wildman–Crippen MR) is 55.9 cm³/mol. The molecule has 0 N–H and O–H groups in total. The van der Waals surface area contributed by atoms with Crippen LogP contribution in [0.3, 0.4) is 0 Å². The zero-order valence-electron chi connectivity index (χ0n) is 9.50. The van der Waals surface area contributed by atoms with E-state index in [0.717, 1.165) is 12.8 Å². The number of alkyl halides is 3. The highest BCUT2D eigenvalue weighted by atomic mass is 32.2. The number of hydrogen-bond donors (Lipinski definition) is 0. The molecule has 0 aromatic heterocycles. The number of halogens is 3. The van der Waals surface area contributed by atoms with Crippen LogP contribution in [0.4, 0.5) is 13.2 Å². The normalized spacial score (nSPS) is 29.4. The molecule has 1 unspecified atom stereocenters. The third-order valence-electron chi connectivity index (χ3n) is 3.21. The lowest BCUT2D eigenvalue weighted by Crippen LogP contribution is -2.31. The Morgan fingerprint density at radius 1 is 1.33 bits per heavy atom. The van der Waals surface area contributed by atoms with Crippen molar-refractivity contribution in [1.29, 1.82) is 0 Å². The minimum Gasteiger partial charge on any atom is -0.381 e. The van der Waals surface area contributed by atoms with E-state index < -0.39 is 15.6 Å². The number of ether oxygens (including phenoxy) is 1. The van der Waals surface area contributed by atoms with Crippen LogP contribution in [0, 0.1) is 0 Å². The van der Waals surface area contributed by atoms with E-state index in [2.05, 4.69) is 4.18 Å². The summed E-state index contributed by atoms with van der Waals surface area (Å²) in [6.45, 7) is 0.644. The van der Waals surface area contributed by atoms with Gasteiger partial charge in [-0.25, -0.2) is 0 Å². The molecule has 8 heteroatoms. The van der Waals surface area contributed by atoms with E-state index in [1.54, 1.807) is 0 Å². The SMILES string of the molecule is O=S(=O)(OC1=CCC2(CCCO2)CC1)C(F)(F)F. The van der Waals surface area contributed by atoms with Crippen molar-refractivity contribution in [3.8, 4) is 0 Å². The molecule has 0 aromatic carbocycles. The fourth-order valence-electron chi connectivity index (χ4n) is 2.23. The molecule has 0 saturated carbocycles. The summed E-state index contributed by atoms with van der Waals surface area (Å²) in [5, 5.41) is 0. The van der Waals surface area contributed by atoms with Gasteiger partial charge in [0.15, 0.2) is 0 Å². The molecule has 1 saturated heterocycles. The van der Waals surface area contributed by atoms with E-state index in [-0.39, 0.29) is 17.8 Å². The molecule has 2 rings (SSSR count). The van der Waals surface area contributed by atoms with Gasteiger partial charge in [0.25, 0.3) is 0 Å². The molecule has 1 atom stereocenters. The minimum absolute atomic E-state index is 0.145. The Balaban J connectivity index is 2.03. The van der Waals surface area contributed by atoms with Gasteiger partial charge in [0.05, 0.1) is 5.60 Å². The van der Waals surface area contributed by atoms with Crippen LogP contribution in [-0.4, -0.2) is 26.1 Å². The van der Waals surface area contributed by atoms with E-state index in [1.807, 2.05) is 0 Å². The largest absolute Gasteiger partial charge is 0.534 e. The van der Waals surface area contributed by atoms with Gasteiger partial charge in [-0.2, -0.15) is 21.6 Å². The van der Waals surface area contributed by atoms with Gasteiger partial charge >= 0.3 is 15.6 Å². The topological polar surface area (TPSA) is 52.6 Å². The molecular formula is C10H13F3O4S. The summed E-state index contributed by atoms with van der Waals surface area (Å²) in [5.41, 5.74) is -5.71. The fraction of sp³-hybridized carbons (Fsp3) is 0.800. The van der Waals surface area contributed by atoms with Gasteiger partial charge < -0.3 is 8.92 Å². The first kappa shape index (κ1) is 13.7. The second-order valence-electron chi connectivity index (χ2n) is 4.49. The van der Waals surface area contributed by atoms with Crippen molar-refractivity contribution in [3.05, 3.63) is 11.8 Å². The Morgan fingerprint density at radius 2 is 2.06 bits per heavy atom. The van der Waals surface area contributed by atoms with Gasteiger partial charge in [0.1, 0.15) is 5.76 Å². The van der Waals surface area contributed by atoms with Crippen molar-refractivity contribution >= 4 is 10.1 Å². The number of allylic oxidation sites excluding steroid dienone is 1. The van der Waals surface area contributed by atoms with E-state index in [0.29, 0.717) is 19.4 Å². The fourth-order valence-corrected chi connectivity index (χ4v) is 2.76. The number of rotatable bonds is 2. The summed E-state index contributed by atoms with van der Waals surface area (Å²) >= 11 is 0. The molecule has 1 aliphatic carbocycles. The molecule has 1 heterocycles. The number of hydrogen-bond acceptors (Lipinski definition) is 4. The molecule has 4 nitrogen and oxygen atoms in total. The van der Waals surface area contributed by atoms with Crippen LogP contribution in [-0.2, 0) is 19.0 Å². The standard InChI is InChI=1S/C10H13F3O4S/c11-10(12,13)18(14,15)17-8-2-5-9(6-3-8)4-1-7-16-9/h2H,1,3-7H2. The van der Waals surface area contributed by atoms with Gasteiger partial charge in [-0.05, 0) is 31.8 Å². The Morgan fingerprint density at radius 3 is 2.50 bits per heavy atom. The van der Waals surface area contributed by atoms with Gasteiger partial charge in [-0.15, -0.1) is 0 Å². The van der Waals surface area contributed by atoms with Crippen molar-refractivity contribution in [1.82, 2.24) is 0 Å². The van der Waals surface area contributed by atoms with Crippen LogP contribution in [0.15, 0.2) is 11.8 Å². The lowest BCUT2D eigenvalue weighted by molar-refractivity contribution is -0.0531. The van der Waals surface area contributed by atoms with Crippen molar-refractivity contribution in [2.24, 2.45) is 0 Å². The van der Waals surface area contributed by atoms with Crippen LogP contribution >= 0.6 is 0 Å². The van der Waals surface area contributed by atoms with Crippen molar-refractivity contribution in [2.45, 2.75) is 43.2 Å². The molecule has 0 amide bonds. The molecule has 2 aliphatic rings. The van der Waals surface area contributed by atoms with Gasteiger partial charge in [0.2, 0.25) is 0 Å². The summed E-state index contributed by atoms with van der Waals surface area (Å²) in [4.78, 5) is 0. The molecule has 1 aliphatic heterocycles. The third-order valence-corrected chi connectivity index (χ3v) is 4.21. The van der Waals surface area contributed by atoms with Crippen LogP contribution in [0.2, 0.25) is 0 Å². The van der Waals surface area contributed by atoms with Gasteiger partial charge in [-0.1, -0.05) is 0 Å². The van der Waals surface area contributed by atoms with Crippen LogP contribution in [0.1, 0.15) is 32.1 Å². The summed E-state index contributed by atoms with van der Waals surface area (Å²) in [6.07, 6.45) is 4.20. The summed E-state index contributed by atoms with van der Waals surface area (Å²) in [6, 6.07) is 0. The molecule has 18 heavy (non-hydrogen) atoms. The zero-order valence-corrected chi connectivity index (χ0v) is 10.3. The first-order chi connectivity index (χ1) is 8.24. The summed E-state index contributed by atoms with van der Waals surface area (Å²) in [5.74, 6) is -0.145. The molecular weight excluding hydrogens is 273 g/mol. The van der Waals surface area contributed by atoms with Crippen molar-refractivity contribution in [2.75, 3.05) is 6.61 Å². The zero-order chi connectivity index (χ0) is 13.4. The highest BCUT2D eigenvalue weighted by molar-refractivity contribution is 7.87. The highest BCUT2D eigenvalue weighted by Gasteiger charge is 2.49. The maximum atomic E-state index is 12.1. The molecule has 0 radical (unpaired) electrons. The molecule has 1 fully saturated rings. The Labute approximate surface area is 103 Å². The Bertz CT molecular complexity index is 446. The molecule has 0 bridgehead atoms. The summed E-state index contributed by atoms with van der Waals surface area (Å²) < 4.78 is 67.6. The monoisotopic (exact) mass is 286 g/mol. The Hall–Kier alpha value is -0.760. The average molecular weight is 286 g/mol. The maximum Gasteiger partial charge on any atom is 0.534 e. The lowest BCUT2D eigenvalue weighted by Gasteiger charge is -2.31. The highest BCUT2D eigenvalue weighted by Crippen LogP contribution is 2.40. The second-order valence-corrected chi connectivity index (χ2v) is 6.03. The summed E-state index contributed by atoms with van der Waals surface area (Å²) in [7, 11) is -5.54. The van der Waals surface area contributed by atoms with Crippen LogP contribution < -0.4 is 0 Å². The smallest absolute Gasteiger partial charge is 0.381 e. The van der Waals surface area contributed by atoms with E-state index >= 15 is 0 Å². The first-order valence-corrected chi connectivity index (χ1v) is 6.99. The van der Waals surface area contributed by atoms with Crippen LogP contribution in [0.25, 0.3) is 0 Å². The quantitative estimate of drug-likeness (QED) is 0.578. The molecule has 1 spiro atoms. The Kier molecular flexibility index (Phi) is 3.35. The van der Waals surface area contributed by atoms with E-state index in [4.69, 9.17) is 4.74 Å². The average Bonchev–Trinajstić information content (AvgIpc) is 2.69. The third kappa shape index (κ3) is 2.64. The van der Waals surface area contributed by atoms with Crippen molar-refractivity contribution < 1.29 is 30.5 Å². The minimum atomic E-state index is -5.54. The van der Waals surface area contributed by atoms with Gasteiger partial charge in [-0.3, -0.25) is 0 Å². The van der Waals surface area contributed by atoms with Crippen molar-refractivity contribution in [3.63, 3.8) is 0 Å². The maximum absolute atomic E-state index is 12.1. The lowest BCUT2D eigenvalue weighted by atomic mass is 9.86.